The van der Waals surface area contributed by atoms with Crippen molar-refractivity contribution in [1.82, 2.24) is 9.97 Å². The summed E-state index contributed by atoms with van der Waals surface area (Å²) >= 11 is 1.21. The lowest BCUT2D eigenvalue weighted by atomic mass is 10.2. The minimum atomic E-state index is -0.478. The first kappa shape index (κ1) is 17.8. The number of carbonyl (C=O) groups excluding carboxylic acids is 2. The fourth-order valence-electron chi connectivity index (χ4n) is 1.93. The Morgan fingerprint density at radius 1 is 1.29 bits per heavy atom. The van der Waals surface area contributed by atoms with Crippen molar-refractivity contribution in [3.05, 3.63) is 45.3 Å². The average molecular weight is 352 g/mol. The number of carbonyl (C=O) groups is 2. The molecule has 0 radical (unpaired) electrons. The van der Waals surface area contributed by atoms with E-state index in [1.54, 1.807) is 13.0 Å². The van der Waals surface area contributed by atoms with Crippen molar-refractivity contribution in [2.24, 2.45) is 0 Å². The maximum atomic E-state index is 11.6. The Morgan fingerprint density at radius 3 is 2.71 bits per heavy atom. The summed E-state index contributed by atoms with van der Waals surface area (Å²) in [4.78, 5) is 41.2. The summed E-state index contributed by atoms with van der Waals surface area (Å²) in [6, 6.07) is 2.83. The van der Waals surface area contributed by atoms with Gasteiger partial charge < -0.3 is 18.9 Å². The van der Waals surface area contributed by atoms with Crippen molar-refractivity contribution in [3.8, 4) is 0 Å². The molecule has 9 heteroatoms. The Hall–Kier alpha value is -2.55. The van der Waals surface area contributed by atoms with E-state index in [0.717, 1.165) is 0 Å². The maximum absolute atomic E-state index is 11.6. The molecular formula is C15H16N2O6S. The molecule has 8 nitrogen and oxygen atoms in total. The molecule has 24 heavy (non-hydrogen) atoms. The third kappa shape index (κ3) is 4.48. The fraction of sp³-hybridized carbons (Fsp3) is 0.333. The van der Waals surface area contributed by atoms with Crippen LogP contribution in [0.3, 0.4) is 0 Å². The zero-order chi connectivity index (χ0) is 17.7. The summed E-state index contributed by atoms with van der Waals surface area (Å²) in [5.74, 6) is 0.396. The van der Waals surface area contributed by atoms with Crippen LogP contribution in [0.25, 0.3) is 0 Å². The Morgan fingerprint density at radius 2 is 2.04 bits per heavy atom. The van der Waals surface area contributed by atoms with Gasteiger partial charge in [0.25, 0.3) is 5.56 Å². The number of nitrogens with zero attached hydrogens (tertiary/aromatic N) is 1. The topological polar surface area (TPSA) is 111 Å². The highest BCUT2D eigenvalue weighted by molar-refractivity contribution is 7.98. The number of nitrogens with one attached hydrogen (secondary N) is 1. The van der Waals surface area contributed by atoms with Crippen LogP contribution in [0.1, 0.15) is 27.6 Å². The SMILES string of the molecule is COC(=O)Cc1cc(=O)[nH]c(SCc2cc(C(=O)OC)c(C)o2)n1. The number of aromatic nitrogens is 2. The summed E-state index contributed by atoms with van der Waals surface area (Å²) in [5, 5.41) is 0.343. The summed E-state index contributed by atoms with van der Waals surface area (Å²) in [6.45, 7) is 1.66. The molecule has 0 unspecified atom stereocenters. The van der Waals surface area contributed by atoms with Gasteiger partial charge in [0.2, 0.25) is 0 Å². The Bertz CT molecular complexity index is 811. The number of furan rings is 1. The molecule has 0 atom stereocenters. The predicted molar refractivity (Wildman–Crippen MR) is 84.9 cm³/mol. The Labute approximate surface area is 141 Å². The average Bonchev–Trinajstić information content (AvgIpc) is 2.92. The lowest BCUT2D eigenvalue weighted by Gasteiger charge is -2.02. The largest absolute Gasteiger partial charge is 0.469 e. The Balaban J connectivity index is 2.10. The van der Waals surface area contributed by atoms with Crippen LogP contribution in [-0.4, -0.2) is 36.1 Å². The second-order valence-electron chi connectivity index (χ2n) is 4.76. The molecule has 1 N–H and O–H groups in total. The second-order valence-corrected chi connectivity index (χ2v) is 5.72. The molecule has 0 fully saturated rings. The molecular weight excluding hydrogens is 336 g/mol. The number of methoxy groups -OCH3 is 2. The molecule has 0 aliphatic rings. The van der Waals surface area contributed by atoms with Gasteiger partial charge in [0.1, 0.15) is 17.1 Å². The van der Waals surface area contributed by atoms with Crippen LogP contribution in [0, 0.1) is 6.92 Å². The number of thioether (sulfide) groups is 1. The van der Waals surface area contributed by atoms with E-state index in [4.69, 9.17) is 4.42 Å². The van der Waals surface area contributed by atoms with Crippen molar-refractivity contribution < 1.29 is 23.5 Å². The van der Waals surface area contributed by atoms with Crippen molar-refractivity contribution in [2.45, 2.75) is 24.3 Å². The van der Waals surface area contributed by atoms with Crippen LogP contribution in [0.4, 0.5) is 0 Å². The van der Waals surface area contributed by atoms with Crippen LogP contribution in [-0.2, 0) is 26.4 Å². The van der Waals surface area contributed by atoms with Gasteiger partial charge in [-0.2, -0.15) is 0 Å². The van der Waals surface area contributed by atoms with Gasteiger partial charge in [-0.25, -0.2) is 9.78 Å². The minimum Gasteiger partial charge on any atom is -0.469 e. The van der Waals surface area contributed by atoms with Gasteiger partial charge in [0, 0.05) is 6.07 Å². The van der Waals surface area contributed by atoms with E-state index < -0.39 is 11.9 Å². The lowest BCUT2D eigenvalue weighted by molar-refractivity contribution is -0.139. The monoisotopic (exact) mass is 352 g/mol. The van der Waals surface area contributed by atoms with Crippen LogP contribution in [0.15, 0.2) is 26.5 Å². The molecule has 0 saturated heterocycles. The van der Waals surface area contributed by atoms with Gasteiger partial charge in [-0.3, -0.25) is 9.59 Å². The number of H-pyrrole nitrogens is 1. The van der Waals surface area contributed by atoms with Gasteiger partial charge in [0.05, 0.1) is 32.1 Å². The van der Waals surface area contributed by atoms with Gasteiger partial charge in [-0.15, -0.1) is 0 Å². The number of hydrogen-bond acceptors (Lipinski definition) is 8. The number of rotatable bonds is 6. The molecule has 128 valence electrons. The van der Waals surface area contributed by atoms with E-state index >= 15 is 0 Å². The second kappa shape index (κ2) is 7.82. The molecule has 2 rings (SSSR count). The first-order chi connectivity index (χ1) is 11.4. The number of aromatic amines is 1. The van der Waals surface area contributed by atoms with Gasteiger partial charge in [-0.1, -0.05) is 11.8 Å². The highest BCUT2D eigenvalue weighted by Gasteiger charge is 2.16. The van der Waals surface area contributed by atoms with E-state index in [1.165, 1.54) is 32.0 Å². The van der Waals surface area contributed by atoms with Crippen LogP contribution < -0.4 is 5.56 Å². The number of esters is 2. The van der Waals surface area contributed by atoms with E-state index in [0.29, 0.717) is 33.7 Å². The van der Waals surface area contributed by atoms with Gasteiger partial charge >= 0.3 is 11.9 Å². The molecule has 0 aromatic carbocycles. The smallest absolute Gasteiger partial charge is 0.341 e. The standard InChI is InChI=1S/C15H16N2O6S/c1-8-11(14(20)22-3)6-10(23-8)7-24-15-16-9(4-12(18)17-15)5-13(19)21-2/h4,6H,5,7H2,1-3H3,(H,16,17,18). The first-order valence-electron chi connectivity index (χ1n) is 6.90. The molecule has 0 saturated carbocycles. The summed E-state index contributed by atoms with van der Waals surface area (Å²) in [6.07, 6.45) is -0.0830. The minimum absolute atomic E-state index is 0.0830. The third-order valence-electron chi connectivity index (χ3n) is 3.05. The number of ether oxygens (including phenoxy) is 2. The normalized spacial score (nSPS) is 10.5. The predicted octanol–water partition coefficient (Wildman–Crippen LogP) is 1.47. The van der Waals surface area contributed by atoms with Crippen molar-refractivity contribution in [1.29, 1.82) is 0 Å². The van der Waals surface area contributed by atoms with E-state index in [-0.39, 0.29) is 12.0 Å². The van der Waals surface area contributed by atoms with Crippen molar-refractivity contribution >= 4 is 23.7 Å². The molecule has 2 heterocycles. The zero-order valence-corrected chi connectivity index (χ0v) is 14.2. The number of aryl methyl sites for hydroxylation is 1. The maximum Gasteiger partial charge on any atom is 0.341 e. The van der Waals surface area contributed by atoms with Crippen LogP contribution in [0.2, 0.25) is 0 Å². The third-order valence-corrected chi connectivity index (χ3v) is 3.95. The quantitative estimate of drug-likeness (QED) is 0.472. The molecule has 2 aromatic heterocycles. The van der Waals surface area contributed by atoms with E-state index in [1.807, 2.05) is 0 Å². The molecule has 0 aliphatic heterocycles. The fourth-order valence-corrected chi connectivity index (χ4v) is 2.71. The van der Waals surface area contributed by atoms with Gasteiger partial charge in [-0.05, 0) is 13.0 Å². The Kier molecular flexibility index (Phi) is 5.80. The number of hydrogen-bond donors (Lipinski definition) is 1. The molecule has 2 aromatic rings. The van der Waals surface area contributed by atoms with Crippen LogP contribution >= 0.6 is 11.8 Å². The summed E-state index contributed by atoms with van der Waals surface area (Å²) < 4.78 is 14.7. The summed E-state index contributed by atoms with van der Waals surface area (Å²) in [5.41, 5.74) is 0.310. The molecule has 0 amide bonds. The summed E-state index contributed by atoms with van der Waals surface area (Å²) in [7, 11) is 2.56. The van der Waals surface area contributed by atoms with E-state index in [9.17, 15) is 14.4 Å². The first-order valence-corrected chi connectivity index (χ1v) is 7.89. The van der Waals surface area contributed by atoms with E-state index in [2.05, 4.69) is 19.4 Å². The van der Waals surface area contributed by atoms with Gasteiger partial charge in [0.15, 0.2) is 5.16 Å². The lowest BCUT2D eigenvalue weighted by Crippen LogP contribution is -2.13. The van der Waals surface area contributed by atoms with Crippen molar-refractivity contribution in [3.63, 3.8) is 0 Å². The molecule has 0 spiro atoms. The zero-order valence-electron chi connectivity index (χ0n) is 13.4. The van der Waals surface area contributed by atoms with Crippen molar-refractivity contribution in [2.75, 3.05) is 14.2 Å². The van der Waals surface area contributed by atoms with Crippen LogP contribution in [0.5, 0.6) is 0 Å². The molecule has 0 aliphatic carbocycles. The highest BCUT2D eigenvalue weighted by Crippen LogP contribution is 2.23. The highest BCUT2D eigenvalue weighted by atomic mass is 32.2. The molecule has 0 bridgehead atoms.